The number of nitrogens with one attached hydrogen (secondary N) is 1. The lowest BCUT2D eigenvalue weighted by atomic mass is 9.96. The number of rotatable bonds is 4. The molecule has 0 fully saturated rings. The van der Waals surface area contributed by atoms with Crippen LogP contribution in [0.25, 0.3) is 0 Å². The monoisotopic (exact) mass is 225 g/mol. The quantitative estimate of drug-likeness (QED) is 0.850. The van der Waals surface area contributed by atoms with Crippen molar-refractivity contribution in [3.63, 3.8) is 0 Å². The van der Waals surface area contributed by atoms with E-state index in [1.165, 1.54) is 29.7 Å². The normalized spacial score (nSPS) is 20.3. The van der Waals surface area contributed by atoms with Crippen LogP contribution in [-0.2, 0) is 17.6 Å². The lowest BCUT2D eigenvalue weighted by molar-refractivity contribution is 0.0888. The van der Waals surface area contributed by atoms with Crippen molar-refractivity contribution in [2.24, 2.45) is 0 Å². The van der Waals surface area contributed by atoms with Gasteiger partial charge in [-0.1, -0.05) is 0 Å². The summed E-state index contributed by atoms with van der Waals surface area (Å²) >= 11 is 1.97. The second-order valence-corrected chi connectivity index (χ2v) is 5.28. The zero-order chi connectivity index (χ0) is 10.7. The number of likely N-dealkylation sites (N-methyl/N-ethyl adjacent to an activating group) is 1. The fraction of sp³-hybridized carbons (Fsp3) is 0.667. The molecule has 3 heteroatoms. The third kappa shape index (κ3) is 2.41. The molecular formula is C12H19NOS. The highest BCUT2D eigenvalue weighted by Gasteiger charge is 2.22. The first-order valence-corrected chi connectivity index (χ1v) is 6.45. The van der Waals surface area contributed by atoms with Crippen molar-refractivity contribution in [1.29, 1.82) is 0 Å². The second-order valence-electron chi connectivity index (χ2n) is 4.06. The minimum absolute atomic E-state index is 0.355. The topological polar surface area (TPSA) is 21.3 Å². The summed E-state index contributed by atoms with van der Waals surface area (Å²) in [6.45, 7) is 1.07. The molecule has 0 saturated heterocycles. The predicted octanol–water partition coefficient (Wildman–Crippen LogP) is 2.53. The van der Waals surface area contributed by atoms with Crippen LogP contribution in [0.4, 0.5) is 0 Å². The molecule has 0 amide bonds. The van der Waals surface area contributed by atoms with E-state index in [2.05, 4.69) is 11.4 Å². The number of hydrogen-bond donors (Lipinski definition) is 1. The van der Waals surface area contributed by atoms with Crippen LogP contribution in [0, 0.1) is 0 Å². The SMILES string of the molecule is CNCCc1cc2c(s1)CCCC2OC. The highest BCUT2D eigenvalue weighted by molar-refractivity contribution is 7.12. The average Bonchev–Trinajstić information content (AvgIpc) is 2.68. The fourth-order valence-corrected chi connectivity index (χ4v) is 3.45. The van der Waals surface area contributed by atoms with Crippen LogP contribution in [-0.4, -0.2) is 20.7 Å². The summed E-state index contributed by atoms with van der Waals surface area (Å²) in [5, 5.41) is 3.20. The molecule has 1 aromatic rings. The maximum absolute atomic E-state index is 5.53. The molecule has 0 aromatic carbocycles. The molecule has 1 N–H and O–H groups in total. The van der Waals surface area contributed by atoms with E-state index in [0.717, 1.165) is 13.0 Å². The van der Waals surface area contributed by atoms with Gasteiger partial charge in [-0.2, -0.15) is 0 Å². The van der Waals surface area contributed by atoms with Crippen LogP contribution in [0.5, 0.6) is 0 Å². The Hall–Kier alpha value is -0.380. The van der Waals surface area contributed by atoms with Crippen LogP contribution in [0.3, 0.4) is 0 Å². The van der Waals surface area contributed by atoms with Crippen molar-refractivity contribution < 1.29 is 4.74 Å². The Bertz CT molecular complexity index is 321. The Morgan fingerprint density at radius 2 is 2.47 bits per heavy atom. The van der Waals surface area contributed by atoms with Crippen LogP contribution in [0.1, 0.15) is 34.3 Å². The van der Waals surface area contributed by atoms with E-state index < -0.39 is 0 Å². The van der Waals surface area contributed by atoms with Gasteiger partial charge >= 0.3 is 0 Å². The van der Waals surface area contributed by atoms with E-state index in [4.69, 9.17) is 4.74 Å². The summed E-state index contributed by atoms with van der Waals surface area (Å²) in [6, 6.07) is 2.35. The number of ether oxygens (including phenoxy) is 1. The number of thiophene rings is 1. The number of hydrogen-bond acceptors (Lipinski definition) is 3. The molecule has 1 aliphatic rings. The van der Waals surface area contributed by atoms with E-state index in [1.807, 2.05) is 25.5 Å². The molecule has 2 nitrogen and oxygen atoms in total. The third-order valence-electron chi connectivity index (χ3n) is 3.02. The minimum Gasteiger partial charge on any atom is -0.377 e. The van der Waals surface area contributed by atoms with Crippen LogP contribution >= 0.6 is 11.3 Å². The molecule has 1 aliphatic carbocycles. The zero-order valence-corrected chi connectivity index (χ0v) is 10.3. The molecule has 1 unspecified atom stereocenters. The van der Waals surface area contributed by atoms with Gasteiger partial charge in [-0.3, -0.25) is 0 Å². The van der Waals surface area contributed by atoms with Crippen molar-refractivity contribution in [2.45, 2.75) is 31.8 Å². The van der Waals surface area contributed by atoms with Crippen LogP contribution < -0.4 is 5.32 Å². The summed E-state index contributed by atoms with van der Waals surface area (Å²) in [7, 11) is 3.83. The summed E-state index contributed by atoms with van der Waals surface area (Å²) in [5.41, 5.74) is 1.46. The van der Waals surface area contributed by atoms with E-state index in [-0.39, 0.29) is 0 Å². The van der Waals surface area contributed by atoms with Gasteiger partial charge in [-0.15, -0.1) is 11.3 Å². The Morgan fingerprint density at radius 1 is 1.60 bits per heavy atom. The highest BCUT2D eigenvalue weighted by Crippen LogP contribution is 2.37. The Kier molecular flexibility index (Phi) is 3.78. The van der Waals surface area contributed by atoms with E-state index in [0.29, 0.717) is 6.10 Å². The number of aryl methyl sites for hydroxylation is 1. The standard InChI is InChI=1S/C12H19NOS/c1-13-7-6-9-8-10-11(14-2)4-3-5-12(10)15-9/h8,11,13H,3-7H2,1-2H3. The van der Waals surface area contributed by atoms with Crippen molar-refractivity contribution in [1.82, 2.24) is 5.32 Å². The molecule has 2 rings (SSSR count). The van der Waals surface area contributed by atoms with Gasteiger partial charge in [0.1, 0.15) is 0 Å². The molecule has 0 saturated carbocycles. The predicted molar refractivity (Wildman–Crippen MR) is 64.6 cm³/mol. The summed E-state index contributed by atoms with van der Waals surface area (Å²) in [6.07, 6.45) is 5.21. The Labute approximate surface area is 95.6 Å². The van der Waals surface area contributed by atoms with Gasteiger partial charge in [0, 0.05) is 16.9 Å². The molecular weight excluding hydrogens is 206 g/mol. The van der Waals surface area contributed by atoms with Crippen molar-refractivity contribution in [2.75, 3.05) is 20.7 Å². The minimum atomic E-state index is 0.355. The van der Waals surface area contributed by atoms with E-state index in [9.17, 15) is 0 Å². The van der Waals surface area contributed by atoms with Gasteiger partial charge in [-0.05, 0) is 50.9 Å². The van der Waals surface area contributed by atoms with Crippen molar-refractivity contribution >= 4 is 11.3 Å². The van der Waals surface area contributed by atoms with Crippen molar-refractivity contribution in [3.05, 3.63) is 21.4 Å². The van der Waals surface area contributed by atoms with Crippen LogP contribution in [0.2, 0.25) is 0 Å². The molecule has 1 aromatic heterocycles. The lowest BCUT2D eigenvalue weighted by Crippen LogP contribution is -2.09. The molecule has 1 atom stereocenters. The highest BCUT2D eigenvalue weighted by atomic mass is 32.1. The van der Waals surface area contributed by atoms with E-state index >= 15 is 0 Å². The molecule has 0 radical (unpaired) electrons. The van der Waals surface area contributed by atoms with Gasteiger partial charge in [-0.25, -0.2) is 0 Å². The Morgan fingerprint density at radius 3 is 3.20 bits per heavy atom. The first kappa shape index (κ1) is 11.1. The van der Waals surface area contributed by atoms with Gasteiger partial charge in [0.2, 0.25) is 0 Å². The third-order valence-corrected chi connectivity index (χ3v) is 4.29. The number of fused-ring (bicyclic) bond motifs is 1. The average molecular weight is 225 g/mol. The maximum atomic E-state index is 5.53. The van der Waals surface area contributed by atoms with Gasteiger partial charge in [0.25, 0.3) is 0 Å². The molecule has 1 heterocycles. The second kappa shape index (κ2) is 5.10. The lowest BCUT2D eigenvalue weighted by Gasteiger charge is -2.20. The van der Waals surface area contributed by atoms with Crippen LogP contribution in [0.15, 0.2) is 6.07 Å². The largest absolute Gasteiger partial charge is 0.377 e. The molecule has 84 valence electrons. The summed E-state index contributed by atoms with van der Waals surface area (Å²) < 4.78 is 5.53. The molecule has 0 aliphatic heterocycles. The Balaban J connectivity index is 2.14. The smallest absolute Gasteiger partial charge is 0.0832 e. The summed E-state index contributed by atoms with van der Waals surface area (Å²) in [5.74, 6) is 0. The zero-order valence-electron chi connectivity index (χ0n) is 9.51. The first-order valence-electron chi connectivity index (χ1n) is 5.64. The first-order chi connectivity index (χ1) is 7.35. The van der Waals surface area contributed by atoms with Gasteiger partial charge in [0.05, 0.1) is 6.10 Å². The molecule has 0 bridgehead atoms. The maximum Gasteiger partial charge on any atom is 0.0832 e. The molecule has 0 spiro atoms. The van der Waals surface area contributed by atoms with Gasteiger partial charge in [0.15, 0.2) is 0 Å². The summed E-state index contributed by atoms with van der Waals surface area (Å²) in [4.78, 5) is 3.05. The van der Waals surface area contributed by atoms with E-state index in [1.54, 1.807) is 4.88 Å². The van der Waals surface area contributed by atoms with Gasteiger partial charge < -0.3 is 10.1 Å². The molecule has 15 heavy (non-hydrogen) atoms. The van der Waals surface area contributed by atoms with Crippen molar-refractivity contribution in [3.8, 4) is 0 Å². The number of methoxy groups -OCH3 is 1. The fourth-order valence-electron chi connectivity index (χ4n) is 2.19.